The monoisotopic (exact) mass is 321 g/mol. The summed E-state index contributed by atoms with van der Waals surface area (Å²) >= 11 is 1.55. The van der Waals surface area contributed by atoms with E-state index < -0.39 is 11.7 Å². The normalized spacial score (nSPS) is 12.0. The van der Waals surface area contributed by atoms with Crippen LogP contribution in [0.25, 0.3) is 10.9 Å². The smallest absolute Gasteiger partial charge is 0.349 e. The van der Waals surface area contributed by atoms with Crippen LogP contribution in [0.2, 0.25) is 0 Å². The Kier molecular flexibility index (Phi) is 3.91. The van der Waals surface area contributed by atoms with E-state index in [1.165, 1.54) is 12.1 Å². The van der Waals surface area contributed by atoms with Crippen molar-refractivity contribution in [2.24, 2.45) is 7.05 Å². The highest BCUT2D eigenvalue weighted by Crippen LogP contribution is 2.33. The average molecular weight is 321 g/mol. The third kappa shape index (κ3) is 2.99. The molecule has 0 spiro atoms. The summed E-state index contributed by atoms with van der Waals surface area (Å²) in [7, 11) is 1.97. The number of nitrogens with zero attached hydrogens (tertiary/aromatic N) is 1. The van der Waals surface area contributed by atoms with E-state index in [-0.39, 0.29) is 0 Å². The van der Waals surface area contributed by atoms with Gasteiger partial charge in [-0.15, -0.1) is 11.8 Å². The lowest BCUT2D eigenvalue weighted by atomic mass is 10.1. The Morgan fingerprint density at radius 2 is 1.82 bits per heavy atom. The number of aromatic nitrogens is 1. The summed E-state index contributed by atoms with van der Waals surface area (Å²) < 4.78 is 40.2. The minimum Gasteiger partial charge on any atom is -0.349 e. The van der Waals surface area contributed by atoms with Crippen molar-refractivity contribution in [1.82, 2.24) is 4.57 Å². The highest BCUT2D eigenvalue weighted by molar-refractivity contribution is 7.98. The largest absolute Gasteiger partial charge is 0.416 e. The molecule has 1 heterocycles. The molecule has 0 fully saturated rings. The molecule has 3 aromatic rings. The van der Waals surface area contributed by atoms with Gasteiger partial charge in [-0.1, -0.05) is 36.4 Å². The van der Waals surface area contributed by atoms with Crippen LogP contribution in [0.4, 0.5) is 13.2 Å². The van der Waals surface area contributed by atoms with E-state index in [1.54, 1.807) is 17.8 Å². The van der Waals surface area contributed by atoms with Crippen molar-refractivity contribution in [2.75, 3.05) is 0 Å². The fourth-order valence-electron chi connectivity index (χ4n) is 2.42. The van der Waals surface area contributed by atoms with Gasteiger partial charge >= 0.3 is 6.18 Å². The number of alkyl halides is 3. The maximum absolute atomic E-state index is 12.7. The van der Waals surface area contributed by atoms with Gasteiger partial charge in [0.25, 0.3) is 0 Å². The van der Waals surface area contributed by atoms with Crippen molar-refractivity contribution < 1.29 is 13.2 Å². The zero-order chi connectivity index (χ0) is 15.7. The van der Waals surface area contributed by atoms with Gasteiger partial charge in [-0.25, -0.2) is 0 Å². The van der Waals surface area contributed by atoms with Crippen LogP contribution in [-0.2, 0) is 19.0 Å². The van der Waals surface area contributed by atoms with E-state index in [4.69, 9.17) is 0 Å². The predicted molar refractivity (Wildman–Crippen MR) is 83.9 cm³/mol. The molecule has 0 aliphatic rings. The van der Waals surface area contributed by atoms with Crippen LogP contribution in [-0.4, -0.2) is 4.57 Å². The van der Waals surface area contributed by atoms with Crippen LogP contribution in [0.5, 0.6) is 0 Å². The van der Waals surface area contributed by atoms with Gasteiger partial charge in [0.05, 0.1) is 5.56 Å². The molecule has 0 amide bonds. The highest BCUT2D eigenvalue weighted by atomic mass is 32.2. The van der Waals surface area contributed by atoms with Gasteiger partial charge in [0.1, 0.15) is 0 Å². The van der Waals surface area contributed by atoms with Crippen molar-refractivity contribution in [3.8, 4) is 0 Å². The number of hydrogen-bond acceptors (Lipinski definition) is 1. The molecular weight excluding hydrogens is 307 g/mol. The SMILES string of the molecule is Cn1cc(SCc2cccc(C(F)(F)F)c2)c2ccccc21. The fourth-order valence-corrected chi connectivity index (χ4v) is 3.48. The van der Waals surface area contributed by atoms with Crippen LogP contribution in [0, 0.1) is 0 Å². The molecule has 3 rings (SSSR count). The van der Waals surface area contributed by atoms with Crippen LogP contribution < -0.4 is 0 Å². The Bertz CT molecular complexity index is 805. The molecule has 0 aliphatic carbocycles. The minimum absolute atomic E-state index is 0.512. The van der Waals surface area contributed by atoms with E-state index in [2.05, 4.69) is 0 Å². The lowest BCUT2D eigenvalue weighted by Gasteiger charge is -2.08. The molecule has 114 valence electrons. The summed E-state index contributed by atoms with van der Waals surface area (Å²) in [5, 5.41) is 1.13. The molecule has 0 saturated carbocycles. The van der Waals surface area contributed by atoms with Gasteiger partial charge < -0.3 is 4.57 Å². The summed E-state index contributed by atoms with van der Waals surface area (Å²) in [5.41, 5.74) is 1.20. The Morgan fingerprint density at radius 3 is 2.59 bits per heavy atom. The quantitative estimate of drug-likeness (QED) is 0.578. The van der Waals surface area contributed by atoms with E-state index in [0.717, 1.165) is 21.9 Å². The van der Waals surface area contributed by atoms with E-state index in [1.807, 2.05) is 42.1 Å². The molecule has 5 heteroatoms. The van der Waals surface area contributed by atoms with E-state index >= 15 is 0 Å². The second kappa shape index (κ2) is 5.72. The van der Waals surface area contributed by atoms with Crippen molar-refractivity contribution in [1.29, 1.82) is 0 Å². The van der Waals surface area contributed by atoms with Crippen LogP contribution in [0.15, 0.2) is 59.6 Å². The summed E-state index contributed by atoms with van der Waals surface area (Å²) in [6, 6.07) is 13.5. The summed E-state index contributed by atoms with van der Waals surface area (Å²) in [6.45, 7) is 0. The molecule has 1 nitrogen and oxygen atoms in total. The summed E-state index contributed by atoms with van der Waals surface area (Å²) in [4.78, 5) is 1.08. The lowest BCUT2D eigenvalue weighted by Crippen LogP contribution is -2.04. The average Bonchev–Trinajstić information content (AvgIpc) is 2.82. The highest BCUT2D eigenvalue weighted by Gasteiger charge is 2.30. The molecule has 22 heavy (non-hydrogen) atoms. The van der Waals surface area contributed by atoms with Crippen molar-refractivity contribution in [3.05, 3.63) is 65.9 Å². The van der Waals surface area contributed by atoms with Crippen LogP contribution >= 0.6 is 11.8 Å². The van der Waals surface area contributed by atoms with Gasteiger partial charge in [0, 0.05) is 34.8 Å². The number of fused-ring (bicyclic) bond motifs is 1. The van der Waals surface area contributed by atoms with Gasteiger partial charge in [-0.3, -0.25) is 0 Å². The van der Waals surface area contributed by atoms with Gasteiger partial charge in [0.15, 0.2) is 0 Å². The first-order chi connectivity index (χ1) is 10.4. The number of rotatable bonds is 3. The number of aryl methyl sites for hydroxylation is 1. The van der Waals surface area contributed by atoms with Gasteiger partial charge in [-0.05, 0) is 17.7 Å². The minimum atomic E-state index is -4.29. The lowest BCUT2D eigenvalue weighted by molar-refractivity contribution is -0.137. The maximum Gasteiger partial charge on any atom is 0.416 e. The number of benzene rings is 2. The standard InChI is InChI=1S/C17H14F3NS/c1-21-10-16(14-7-2-3-8-15(14)21)22-11-12-5-4-6-13(9-12)17(18,19)20/h2-10H,11H2,1H3. The summed E-state index contributed by atoms with van der Waals surface area (Å²) in [5.74, 6) is 0.512. The second-order valence-corrected chi connectivity index (χ2v) is 6.13. The van der Waals surface area contributed by atoms with Gasteiger partial charge in [0.2, 0.25) is 0 Å². The van der Waals surface area contributed by atoms with Crippen molar-refractivity contribution in [3.63, 3.8) is 0 Å². The Hall–Kier alpha value is -1.88. The molecule has 0 saturated heterocycles. The molecule has 2 aromatic carbocycles. The first-order valence-electron chi connectivity index (χ1n) is 6.78. The van der Waals surface area contributed by atoms with Crippen molar-refractivity contribution in [2.45, 2.75) is 16.8 Å². The van der Waals surface area contributed by atoms with Crippen LogP contribution in [0.3, 0.4) is 0 Å². The first kappa shape index (κ1) is 15.0. The number of para-hydroxylation sites is 1. The molecule has 0 radical (unpaired) electrons. The van der Waals surface area contributed by atoms with E-state index in [9.17, 15) is 13.2 Å². The number of hydrogen-bond donors (Lipinski definition) is 0. The van der Waals surface area contributed by atoms with Gasteiger partial charge in [-0.2, -0.15) is 13.2 Å². The first-order valence-corrected chi connectivity index (χ1v) is 7.77. The van der Waals surface area contributed by atoms with E-state index in [0.29, 0.717) is 11.3 Å². The summed E-state index contributed by atoms with van der Waals surface area (Å²) in [6.07, 6.45) is -2.27. The molecule has 0 bridgehead atoms. The Labute approximate surface area is 130 Å². The molecule has 0 aliphatic heterocycles. The second-order valence-electron chi connectivity index (χ2n) is 5.11. The Morgan fingerprint density at radius 1 is 1.05 bits per heavy atom. The molecular formula is C17H14F3NS. The van der Waals surface area contributed by atoms with Crippen LogP contribution in [0.1, 0.15) is 11.1 Å². The number of thioether (sulfide) groups is 1. The topological polar surface area (TPSA) is 4.93 Å². The predicted octanol–water partition coefficient (Wildman–Crippen LogP) is 5.49. The third-order valence-electron chi connectivity index (χ3n) is 3.51. The third-order valence-corrected chi connectivity index (χ3v) is 4.62. The zero-order valence-corrected chi connectivity index (χ0v) is 12.7. The van der Waals surface area contributed by atoms with Crippen molar-refractivity contribution >= 4 is 22.7 Å². The molecule has 1 aromatic heterocycles. The number of halogens is 3. The maximum atomic E-state index is 12.7. The zero-order valence-electron chi connectivity index (χ0n) is 11.9. The molecule has 0 unspecified atom stereocenters. The molecule has 0 atom stereocenters. The molecule has 0 N–H and O–H groups in total. The fraction of sp³-hybridized carbons (Fsp3) is 0.176. The Balaban J connectivity index is 1.83.